The number of hydrogen-bond acceptors (Lipinski definition) is 0. The third kappa shape index (κ3) is 1.51. The summed E-state index contributed by atoms with van der Waals surface area (Å²) >= 11 is 5.84. The van der Waals surface area contributed by atoms with Crippen LogP contribution in [0.5, 0.6) is 0 Å². The topological polar surface area (TPSA) is 0 Å². The van der Waals surface area contributed by atoms with E-state index in [1.165, 1.54) is 11.1 Å². The van der Waals surface area contributed by atoms with E-state index in [0.29, 0.717) is 0 Å². The molecular formula is C9H10Cl. The zero-order valence-electron chi connectivity index (χ0n) is 6.24. The molecule has 10 heavy (non-hydrogen) atoms. The Balaban J connectivity index is 3.09. The third-order valence-corrected chi connectivity index (χ3v) is 1.84. The van der Waals surface area contributed by atoms with Crippen LogP contribution in [0.4, 0.5) is 0 Å². The van der Waals surface area contributed by atoms with Crippen LogP contribution >= 0.6 is 11.6 Å². The average Bonchev–Trinajstić information content (AvgIpc) is 1.94. The molecule has 0 amide bonds. The minimum absolute atomic E-state index is 0.758. The second-order valence-corrected chi connectivity index (χ2v) is 2.75. The molecular weight excluding hydrogens is 144 g/mol. The summed E-state index contributed by atoms with van der Waals surface area (Å²) in [5.74, 6) is 0. The Morgan fingerprint density at radius 2 is 2.30 bits per heavy atom. The number of rotatable bonds is 1. The second kappa shape index (κ2) is 3.07. The van der Waals surface area contributed by atoms with Gasteiger partial charge in [0, 0.05) is 6.07 Å². The van der Waals surface area contributed by atoms with Crippen LogP contribution < -0.4 is 0 Å². The summed E-state index contributed by atoms with van der Waals surface area (Å²) in [6, 6.07) is 6.98. The Bertz CT molecular complexity index is 228. The van der Waals surface area contributed by atoms with Crippen LogP contribution in [0, 0.1) is 13.0 Å². The SMILES string of the molecule is CCc1cc(C)c[c]c1Cl. The molecule has 1 radical (unpaired) electrons. The molecule has 0 aliphatic rings. The van der Waals surface area contributed by atoms with Gasteiger partial charge in [0.25, 0.3) is 0 Å². The Labute approximate surface area is 66.8 Å². The molecule has 0 heterocycles. The normalized spacial score (nSPS) is 9.90. The maximum atomic E-state index is 5.84. The van der Waals surface area contributed by atoms with Crippen molar-refractivity contribution in [2.75, 3.05) is 0 Å². The first-order valence-electron chi connectivity index (χ1n) is 3.40. The zero-order valence-corrected chi connectivity index (χ0v) is 7.00. The second-order valence-electron chi connectivity index (χ2n) is 2.37. The van der Waals surface area contributed by atoms with Gasteiger partial charge in [-0.05, 0) is 25.0 Å². The highest BCUT2D eigenvalue weighted by molar-refractivity contribution is 6.31. The van der Waals surface area contributed by atoms with E-state index < -0.39 is 0 Å². The smallest absolute Gasteiger partial charge is 0.0517 e. The molecule has 0 spiro atoms. The van der Waals surface area contributed by atoms with E-state index in [4.69, 9.17) is 11.6 Å². The molecule has 53 valence electrons. The van der Waals surface area contributed by atoms with Crippen LogP contribution in [0.2, 0.25) is 5.02 Å². The van der Waals surface area contributed by atoms with Gasteiger partial charge in [0.05, 0.1) is 5.02 Å². The Hall–Kier alpha value is -0.490. The van der Waals surface area contributed by atoms with Gasteiger partial charge in [-0.25, -0.2) is 0 Å². The lowest BCUT2D eigenvalue weighted by Gasteiger charge is -1.99. The van der Waals surface area contributed by atoms with Gasteiger partial charge in [0.15, 0.2) is 0 Å². The van der Waals surface area contributed by atoms with Crippen LogP contribution in [0.1, 0.15) is 18.1 Å². The molecule has 1 rings (SSSR count). The molecule has 0 atom stereocenters. The van der Waals surface area contributed by atoms with Crippen molar-refractivity contribution in [2.45, 2.75) is 20.3 Å². The number of hydrogen-bond donors (Lipinski definition) is 0. The molecule has 0 bridgehead atoms. The summed E-state index contributed by atoms with van der Waals surface area (Å²) in [6.07, 6.45) is 0.983. The van der Waals surface area contributed by atoms with Crippen molar-refractivity contribution in [3.05, 3.63) is 34.3 Å². The summed E-state index contributed by atoms with van der Waals surface area (Å²) < 4.78 is 0. The predicted octanol–water partition coefficient (Wildman–Crippen LogP) is 3.01. The van der Waals surface area contributed by atoms with E-state index in [2.05, 4.69) is 19.1 Å². The van der Waals surface area contributed by atoms with E-state index in [9.17, 15) is 0 Å². The van der Waals surface area contributed by atoms with E-state index in [1.54, 1.807) is 0 Å². The van der Waals surface area contributed by atoms with Crippen molar-refractivity contribution in [2.24, 2.45) is 0 Å². The van der Waals surface area contributed by atoms with Gasteiger partial charge in [0.1, 0.15) is 0 Å². The highest BCUT2D eigenvalue weighted by Crippen LogP contribution is 2.16. The largest absolute Gasteiger partial charge is 0.0834 e. The Morgan fingerprint density at radius 1 is 1.60 bits per heavy atom. The van der Waals surface area contributed by atoms with E-state index in [0.717, 1.165) is 11.4 Å². The number of benzene rings is 1. The molecule has 0 unspecified atom stereocenters. The first-order valence-corrected chi connectivity index (χ1v) is 3.78. The van der Waals surface area contributed by atoms with Crippen LogP contribution in [0.15, 0.2) is 12.1 Å². The van der Waals surface area contributed by atoms with Gasteiger partial charge in [-0.1, -0.05) is 30.2 Å². The van der Waals surface area contributed by atoms with Crippen molar-refractivity contribution in [1.82, 2.24) is 0 Å². The van der Waals surface area contributed by atoms with E-state index in [1.807, 2.05) is 13.0 Å². The maximum absolute atomic E-state index is 5.84. The van der Waals surface area contributed by atoms with Crippen molar-refractivity contribution in [3.8, 4) is 0 Å². The fourth-order valence-corrected chi connectivity index (χ4v) is 1.15. The monoisotopic (exact) mass is 153 g/mol. The fourth-order valence-electron chi connectivity index (χ4n) is 0.907. The lowest BCUT2D eigenvalue weighted by molar-refractivity contribution is 1.13. The molecule has 0 saturated carbocycles. The molecule has 0 fully saturated rings. The summed E-state index contributed by atoms with van der Waals surface area (Å²) in [4.78, 5) is 0. The van der Waals surface area contributed by atoms with Crippen LogP contribution in [0.25, 0.3) is 0 Å². The summed E-state index contributed by atoms with van der Waals surface area (Å²) in [7, 11) is 0. The summed E-state index contributed by atoms with van der Waals surface area (Å²) in [5, 5.41) is 0.758. The summed E-state index contributed by atoms with van der Waals surface area (Å²) in [5.41, 5.74) is 2.41. The molecule has 0 saturated heterocycles. The minimum atomic E-state index is 0.758. The highest BCUT2D eigenvalue weighted by atomic mass is 35.5. The van der Waals surface area contributed by atoms with Crippen LogP contribution in [0.3, 0.4) is 0 Å². The first kappa shape index (κ1) is 7.62. The Kier molecular flexibility index (Phi) is 2.34. The molecule has 0 aromatic heterocycles. The van der Waals surface area contributed by atoms with Gasteiger partial charge >= 0.3 is 0 Å². The first-order chi connectivity index (χ1) is 4.74. The predicted molar refractivity (Wildman–Crippen MR) is 44.4 cm³/mol. The quantitative estimate of drug-likeness (QED) is 0.582. The van der Waals surface area contributed by atoms with Gasteiger partial charge in [-0.2, -0.15) is 0 Å². The number of halogens is 1. The number of aryl methyl sites for hydroxylation is 2. The van der Waals surface area contributed by atoms with Crippen LogP contribution in [-0.2, 0) is 6.42 Å². The molecule has 1 heteroatoms. The third-order valence-electron chi connectivity index (χ3n) is 1.49. The molecule has 0 aliphatic carbocycles. The van der Waals surface area contributed by atoms with Crippen molar-refractivity contribution in [1.29, 1.82) is 0 Å². The molecule has 0 nitrogen and oxygen atoms in total. The van der Waals surface area contributed by atoms with Gasteiger partial charge < -0.3 is 0 Å². The van der Waals surface area contributed by atoms with Crippen molar-refractivity contribution in [3.63, 3.8) is 0 Å². The fraction of sp³-hybridized carbons (Fsp3) is 0.333. The van der Waals surface area contributed by atoms with Gasteiger partial charge in [-0.3, -0.25) is 0 Å². The lowest BCUT2D eigenvalue weighted by Crippen LogP contribution is -1.82. The standard InChI is InChI=1S/C9H10Cl/c1-3-8-6-7(2)4-5-9(8)10/h4,6H,3H2,1-2H3. The maximum Gasteiger partial charge on any atom is 0.0517 e. The van der Waals surface area contributed by atoms with Gasteiger partial charge in [-0.15, -0.1) is 0 Å². The van der Waals surface area contributed by atoms with Crippen molar-refractivity contribution >= 4 is 11.6 Å². The Morgan fingerprint density at radius 3 is 2.80 bits per heavy atom. The van der Waals surface area contributed by atoms with Gasteiger partial charge in [0.2, 0.25) is 0 Å². The lowest BCUT2D eigenvalue weighted by atomic mass is 10.1. The van der Waals surface area contributed by atoms with Crippen LogP contribution in [-0.4, -0.2) is 0 Å². The minimum Gasteiger partial charge on any atom is -0.0834 e. The van der Waals surface area contributed by atoms with E-state index in [-0.39, 0.29) is 0 Å². The van der Waals surface area contributed by atoms with E-state index >= 15 is 0 Å². The van der Waals surface area contributed by atoms with Crippen molar-refractivity contribution < 1.29 is 0 Å². The summed E-state index contributed by atoms with van der Waals surface area (Å²) in [6.45, 7) is 4.14. The molecule has 1 aromatic carbocycles. The highest BCUT2D eigenvalue weighted by Gasteiger charge is 1.96. The molecule has 1 aromatic rings. The molecule has 0 N–H and O–H groups in total. The molecule has 0 aliphatic heterocycles. The zero-order chi connectivity index (χ0) is 7.56. The average molecular weight is 154 g/mol.